The van der Waals surface area contributed by atoms with Gasteiger partial charge in [-0.1, -0.05) is 0 Å². The molecule has 0 bridgehead atoms. The summed E-state index contributed by atoms with van der Waals surface area (Å²) < 4.78 is 5.53. The fraction of sp³-hybridized carbons (Fsp3) is 0.393. The largest absolute Gasteiger partial charge is 1.00 e. The van der Waals surface area contributed by atoms with Gasteiger partial charge in [0.05, 0.1) is 0 Å². The summed E-state index contributed by atoms with van der Waals surface area (Å²) in [4.78, 5) is 13.6. The van der Waals surface area contributed by atoms with Crippen LogP contribution in [0, 0.1) is 11.8 Å². The molecule has 2 aliphatic rings. The van der Waals surface area contributed by atoms with E-state index in [1.54, 1.807) is 3.33 Å². The number of nitrogens with one attached hydrogen (secondary N) is 1. The maximum Gasteiger partial charge on any atom is -1.00 e. The molecule has 1 fully saturated rings. The smallest absolute Gasteiger partial charge is 1.00 e. The van der Waals surface area contributed by atoms with Gasteiger partial charge in [0.1, 0.15) is 0 Å². The molecule has 0 spiro atoms. The molecule has 2 aliphatic carbocycles. The molecule has 0 aromatic heterocycles. The van der Waals surface area contributed by atoms with Gasteiger partial charge in [-0.2, -0.15) is 0 Å². The minimum Gasteiger partial charge on any atom is -1.00 e. The van der Waals surface area contributed by atoms with Crippen molar-refractivity contribution in [3.63, 3.8) is 0 Å². The van der Waals surface area contributed by atoms with Crippen LogP contribution in [0.4, 0.5) is 0 Å². The van der Waals surface area contributed by atoms with Gasteiger partial charge in [-0.3, -0.25) is 0 Å². The van der Waals surface area contributed by atoms with E-state index in [0.717, 1.165) is 12.8 Å². The van der Waals surface area contributed by atoms with E-state index in [9.17, 15) is 4.79 Å². The van der Waals surface area contributed by atoms with Gasteiger partial charge >= 0.3 is 204 Å². The maximum absolute atomic E-state index is 13.6. The number of hydrogen-bond donors (Lipinski definition) is 1. The zero-order valence-corrected chi connectivity index (χ0v) is 27.0. The van der Waals surface area contributed by atoms with Crippen molar-refractivity contribution in [2.75, 3.05) is 0 Å². The summed E-state index contributed by atoms with van der Waals surface area (Å²) >= 11 is -2.80. The van der Waals surface area contributed by atoms with Gasteiger partial charge in [0.25, 0.3) is 0 Å². The minimum absolute atomic E-state index is 0. The Hall–Kier alpha value is -0.943. The van der Waals surface area contributed by atoms with Crippen LogP contribution in [0.25, 0.3) is 0 Å². The van der Waals surface area contributed by atoms with Crippen molar-refractivity contribution in [2.24, 2.45) is 11.8 Å². The number of amides is 1. The van der Waals surface area contributed by atoms with Crippen molar-refractivity contribution in [2.45, 2.75) is 59.8 Å². The average molecular weight is 680 g/mol. The number of benzene rings is 2. The summed E-state index contributed by atoms with van der Waals surface area (Å²) in [6.45, 7) is 9.27. The predicted molar refractivity (Wildman–Crippen MR) is 134 cm³/mol. The summed E-state index contributed by atoms with van der Waals surface area (Å²) in [6, 6.07) is 22.2. The van der Waals surface area contributed by atoms with Crippen molar-refractivity contribution >= 4 is 22.3 Å². The number of halogens is 2. The monoisotopic (exact) mass is 680 g/mol. The molecule has 1 unspecified atom stereocenters. The fourth-order valence-corrected chi connectivity index (χ4v) is 36.2. The molecule has 2 aromatic carbocycles. The summed E-state index contributed by atoms with van der Waals surface area (Å²) in [5.41, 5.74) is 4.43. The van der Waals surface area contributed by atoms with Crippen molar-refractivity contribution < 1.29 is 50.5 Å². The third-order valence-corrected chi connectivity index (χ3v) is 34.4. The molecule has 1 amide bonds. The molecule has 2 aromatic rings. The second-order valence-electron chi connectivity index (χ2n) is 9.56. The van der Waals surface area contributed by atoms with Crippen LogP contribution < -0.4 is 38.5 Å². The molecule has 1 N–H and O–H groups in total. The van der Waals surface area contributed by atoms with Crippen LogP contribution in [0.2, 0.25) is 0 Å². The molecule has 181 valence electrons. The van der Waals surface area contributed by atoms with Gasteiger partial charge in [-0.25, -0.2) is 0 Å². The standard InChI is InChI=1S/C12H11Si.C9H13.C7H13NO.2ClH.Hf/c1-3-7-11(8-4-1)13-12-9-5-2-6-10-12;1-6-5-7(2)9(4)8(6)3;8-7(9)6-4-2-1-3-5-6;;;/h1-10,13H;6H,1-4H3;6H,1-5H2,(H2,8,9);2*1H;/q;;;;;+3/p-3. The molecule has 0 saturated heterocycles. The van der Waals surface area contributed by atoms with Crippen molar-refractivity contribution in [1.82, 2.24) is 3.30 Å². The van der Waals surface area contributed by atoms with E-state index >= 15 is 0 Å². The van der Waals surface area contributed by atoms with Crippen molar-refractivity contribution in [1.29, 1.82) is 0 Å². The quantitative estimate of drug-likeness (QED) is 0.392. The summed E-state index contributed by atoms with van der Waals surface area (Å²) in [7, 11) is 0. The number of rotatable bonds is 6. The first-order valence-corrected chi connectivity index (χ1v) is 23.7. The van der Waals surface area contributed by atoms with Gasteiger partial charge in [0.2, 0.25) is 0 Å². The van der Waals surface area contributed by atoms with Gasteiger partial charge in [0.15, 0.2) is 0 Å². The first kappa shape index (κ1) is 29.3. The van der Waals surface area contributed by atoms with Crippen LogP contribution >= 0.6 is 0 Å². The Morgan fingerprint density at radius 3 is 1.76 bits per heavy atom. The van der Waals surface area contributed by atoms with Gasteiger partial charge in [-0.15, -0.1) is 0 Å². The number of carbonyl (C=O) groups is 1. The minimum atomic E-state index is -2.80. The molecule has 1 atom stereocenters. The molecule has 0 heterocycles. The molecule has 0 aliphatic heterocycles. The number of hydrogen-bond acceptors (Lipinski definition) is 1. The number of carbonyl (C=O) groups excluding carboxylic acids is 1. The van der Waals surface area contributed by atoms with Crippen molar-refractivity contribution in [3.8, 4) is 0 Å². The third kappa shape index (κ3) is 6.24. The normalized spacial score (nSPS) is 18.4. The third-order valence-electron chi connectivity index (χ3n) is 7.72. The van der Waals surface area contributed by atoms with E-state index in [1.165, 1.54) is 46.4 Å². The van der Waals surface area contributed by atoms with Crippen LogP contribution in [-0.4, -0.2) is 11.9 Å². The second kappa shape index (κ2) is 13.4. The molecule has 1 saturated carbocycles. The first-order chi connectivity index (χ1) is 15.5. The second-order valence-corrected chi connectivity index (χ2v) is 28.5. The van der Waals surface area contributed by atoms with Crippen LogP contribution in [0.1, 0.15) is 59.8 Å². The van der Waals surface area contributed by atoms with E-state index < -0.39 is 26.9 Å². The summed E-state index contributed by atoms with van der Waals surface area (Å²) in [6.07, 6.45) is 5.82. The van der Waals surface area contributed by atoms with Gasteiger partial charge in [0, 0.05) is 0 Å². The van der Waals surface area contributed by atoms with Gasteiger partial charge in [-0.05, 0) is 0 Å². The van der Waals surface area contributed by atoms with E-state index in [2.05, 4.69) is 91.7 Å². The SMILES string of the molecule is CC1=C(C)C(C)[C]([Hf+2]([NH]C(=O)C2CCCCC2)[SiH](c2ccccc2)c2ccccc2)=C1C.[Cl-].[Cl-]. The predicted octanol–water partition coefficient (Wildman–Crippen LogP) is -0.978. The Labute approximate surface area is 227 Å². The van der Waals surface area contributed by atoms with Gasteiger partial charge < -0.3 is 24.8 Å². The van der Waals surface area contributed by atoms with Crippen LogP contribution in [0.15, 0.2) is 80.7 Å². The zero-order valence-electron chi connectivity index (χ0n) is 20.7. The molecule has 4 rings (SSSR count). The Kier molecular flexibility index (Phi) is 11.5. The Balaban J connectivity index is 0.00000204. The molecular formula is C28H36Cl2HfNOSi. The van der Waals surface area contributed by atoms with Crippen LogP contribution in [-0.2, 0) is 25.7 Å². The Bertz CT molecular complexity index is 980. The Morgan fingerprint density at radius 1 is 0.824 bits per heavy atom. The first-order valence-electron chi connectivity index (χ1n) is 12.2. The van der Waals surface area contributed by atoms with E-state index in [-0.39, 0.29) is 30.7 Å². The van der Waals surface area contributed by atoms with E-state index in [1.807, 2.05) is 0 Å². The molecular weight excluding hydrogens is 644 g/mol. The molecule has 2 nitrogen and oxygen atoms in total. The van der Waals surface area contributed by atoms with Crippen LogP contribution in [0.5, 0.6) is 0 Å². The zero-order chi connectivity index (χ0) is 22.7. The topological polar surface area (TPSA) is 29.1 Å². The number of allylic oxidation sites excluding steroid dienone is 4. The van der Waals surface area contributed by atoms with Crippen LogP contribution in [0.3, 0.4) is 0 Å². The molecule has 34 heavy (non-hydrogen) atoms. The summed E-state index contributed by atoms with van der Waals surface area (Å²) in [5, 5.41) is 2.97. The van der Waals surface area contributed by atoms with Crippen molar-refractivity contribution in [3.05, 3.63) is 80.7 Å². The van der Waals surface area contributed by atoms with E-state index in [4.69, 9.17) is 0 Å². The fourth-order valence-electron chi connectivity index (χ4n) is 5.51. The Morgan fingerprint density at radius 2 is 1.32 bits per heavy atom. The average Bonchev–Trinajstić information content (AvgIpc) is 3.03. The maximum atomic E-state index is 13.6. The molecule has 6 heteroatoms. The molecule has 0 radical (unpaired) electrons. The van der Waals surface area contributed by atoms with E-state index in [0.29, 0.717) is 11.8 Å². The summed E-state index contributed by atoms with van der Waals surface area (Å²) in [5.74, 6) is -0.513.